The van der Waals surface area contributed by atoms with E-state index < -0.39 is 0 Å². The first kappa shape index (κ1) is 19.3. The molecule has 1 aliphatic carbocycles. The highest BCUT2D eigenvalue weighted by Gasteiger charge is 2.29. The summed E-state index contributed by atoms with van der Waals surface area (Å²) in [5.74, 6) is 1.53. The Balaban J connectivity index is 1.89. The molecule has 1 atom stereocenters. The molecular weight excluding hydrogens is 340 g/mol. The summed E-state index contributed by atoms with van der Waals surface area (Å²) in [7, 11) is 3.59. The average molecular weight is 370 g/mol. The molecule has 1 unspecified atom stereocenters. The molecule has 2 aromatic rings. The highest BCUT2D eigenvalue weighted by molar-refractivity contribution is 5.75. The highest BCUT2D eigenvalue weighted by atomic mass is 16.5. The van der Waals surface area contributed by atoms with Gasteiger partial charge in [-0.15, -0.1) is 0 Å². The van der Waals surface area contributed by atoms with Gasteiger partial charge in [-0.25, -0.2) is 9.78 Å². The molecule has 0 radical (unpaired) electrons. The molecule has 1 fully saturated rings. The Kier molecular flexibility index (Phi) is 6.37. The lowest BCUT2D eigenvalue weighted by Crippen LogP contribution is -2.48. The van der Waals surface area contributed by atoms with E-state index in [9.17, 15) is 4.79 Å². The first-order valence-corrected chi connectivity index (χ1v) is 9.83. The lowest BCUT2D eigenvalue weighted by Gasteiger charge is -2.35. The zero-order chi connectivity index (χ0) is 19.2. The number of urea groups is 1. The van der Waals surface area contributed by atoms with Gasteiger partial charge in [0.05, 0.1) is 7.11 Å². The van der Waals surface area contributed by atoms with E-state index in [1.165, 1.54) is 19.3 Å². The minimum atomic E-state index is -0.369. The molecule has 2 amide bonds. The summed E-state index contributed by atoms with van der Waals surface area (Å²) in [6.45, 7) is 2.75. The number of aromatic nitrogens is 2. The molecule has 1 aliphatic rings. The van der Waals surface area contributed by atoms with E-state index >= 15 is 0 Å². The maximum absolute atomic E-state index is 13.2. The number of para-hydroxylation sites is 1. The zero-order valence-electron chi connectivity index (χ0n) is 16.5. The Bertz CT molecular complexity index is 752. The molecule has 1 aromatic carbocycles. The number of methoxy groups -OCH3 is 1. The number of rotatable bonds is 6. The molecule has 0 spiro atoms. The third-order valence-electron chi connectivity index (χ3n) is 5.45. The second-order valence-corrected chi connectivity index (χ2v) is 7.10. The van der Waals surface area contributed by atoms with Gasteiger partial charge in [0.15, 0.2) is 0 Å². The van der Waals surface area contributed by atoms with Crippen LogP contribution in [0.3, 0.4) is 0 Å². The van der Waals surface area contributed by atoms with Gasteiger partial charge >= 0.3 is 6.03 Å². The molecule has 1 saturated carbocycles. The van der Waals surface area contributed by atoms with Crippen LogP contribution in [0.15, 0.2) is 36.7 Å². The third kappa shape index (κ3) is 4.26. The second-order valence-electron chi connectivity index (χ2n) is 7.10. The van der Waals surface area contributed by atoms with E-state index in [4.69, 9.17) is 4.74 Å². The summed E-state index contributed by atoms with van der Waals surface area (Å²) in [6.07, 6.45) is 9.48. The van der Waals surface area contributed by atoms with Gasteiger partial charge in [0, 0.05) is 37.6 Å². The summed E-state index contributed by atoms with van der Waals surface area (Å²) >= 11 is 0. The van der Waals surface area contributed by atoms with Crippen molar-refractivity contribution in [3.63, 3.8) is 0 Å². The molecule has 3 rings (SSSR count). The maximum Gasteiger partial charge on any atom is 0.318 e. The van der Waals surface area contributed by atoms with E-state index in [0.29, 0.717) is 12.6 Å². The summed E-state index contributed by atoms with van der Waals surface area (Å²) in [5, 5.41) is 3.22. The van der Waals surface area contributed by atoms with Crippen molar-refractivity contribution in [2.45, 2.75) is 51.1 Å². The molecule has 0 aliphatic heterocycles. The van der Waals surface area contributed by atoms with Crippen LogP contribution < -0.4 is 10.1 Å². The fourth-order valence-electron chi connectivity index (χ4n) is 4.01. The number of carbonyl (C=O) groups is 1. The van der Waals surface area contributed by atoms with E-state index in [1.54, 1.807) is 13.3 Å². The van der Waals surface area contributed by atoms with Crippen LogP contribution in [0.4, 0.5) is 4.79 Å². The van der Waals surface area contributed by atoms with E-state index in [0.717, 1.165) is 30.0 Å². The van der Waals surface area contributed by atoms with E-state index in [-0.39, 0.29) is 12.1 Å². The predicted molar refractivity (Wildman–Crippen MR) is 106 cm³/mol. The Morgan fingerprint density at radius 2 is 2.07 bits per heavy atom. The lowest BCUT2D eigenvalue weighted by molar-refractivity contribution is 0.157. The number of hydrogen-bond donors (Lipinski definition) is 1. The van der Waals surface area contributed by atoms with Crippen molar-refractivity contribution in [1.29, 1.82) is 0 Å². The molecule has 6 nitrogen and oxygen atoms in total. The highest BCUT2D eigenvalue weighted by Crippen LogP contribution is 2.30. The standard InChI is InChI=1S/C21H30N4O2/c1-4-25(16-10-6-5-7-11-16)21(26)23-19(20-22-14-15-24(20)2)17-12-8-9-13-18(17)27-3/h8-9,12-16,19H,4-7,10-11H2,1-3H3,(H,23,26). The summed E-state index contributed by atoms with van der Waals surface area (Å²) in [5.41, 5.74) is 0.905. The van der Waals surface area contributed by atoms with Crippen molar-refractivity contribution in [3.8, 4) is 5.75 Å². The number of benzene rings is 1. The largest absolute Gasteiger partial charge is 0.496 e. The molecule has 0 saturated heterocycles. The van der Waals surface area contributed by atoms with Crippen LogP contribution in [0, 0.1) is 0 Å². The molecule has 146 valence electrons. The van der Waals surface area contributed by atoms with Crippen molar-refractivity contribution in [1.82, 2.24) is 19.8 Å². The number of hydrogen-bond acceptors (Lipinski definition) is 3. The normalized spacial score (nSPS) is 16.0. The first-order valence-electron chi connectivity index (χ1n) is 9.83. The first-order chi connectivity index (χ1) is 13.2. The Hall–Kier alpha value is -2.50. The van der Waals surface area contributed by atoms with E-state index in [1.807, 2.05) is 53.9 Å². The summed E-state index contributed by atoms with van der Waals surface area (Å²) in [6, 6.07) is 7.70. The second kappa shape index (κ2) is 8.93. The van der Waals surface area contributed by atoms with Crippen LogP contribution in [-0.2, 0) is 7.05 Å². The van der Waals surface area contributed by atoms with E-state index in [2.05, 4.69) is 10.3 Å². The van der Waals surface area contributed by atoms with Crippen molar-refractivity contribution in [2.75, 3.05) is 13.7 Å². The summed E-state index contributed by atoms with van der Waals surface area (Å²) < 4.78 is 7.49. The van der Waals surface area contributed by atoms with Crippen molar-refractivity contribution in [2.24, 2.45) is 7.05 Å². The van der Waals surface area contributed by atoms with Gasteiger partial charge in [-0.05, 0) is 25.8 Å². The summed E-state index contributed by atoms with van der Waals surface area (Å²) in [4.78, 5) is 19.7. The number of nitrogens with zero attached hydrogens (tertiary/aromatic N) is 3. The van der Waals surface area contributed by atoms with Gasteiger partial charge in [0.25, 0.3) is 0 Å². The van der Waals surface area contributed by atoms with Gasteiger partial charge in [-0.2, -0.15) is 0 Å². The number of carbonyl (C=O) groups excluding carboxylic acids is 1. The monoisotopic (exact) mass is 370 g/mol. The lowest BCUT2D eigenvalue weighted by atomic mass is 9.94. The van der Waals surface area contributed by atoms with Gasteiger partial charge < -0.3 is 19.5 Å². The maximum atomic E-state index is 13.2. The number of imidazole rings is 1. The number of amides is 2. The molecule has 0 bridgehead atoms. The number of ether oxygens (including phenoxy) is 1. The number of nitrogens with one attached hydrogen (secondary N) is 1. The van der Waals surface area contributed by atoms with Crippen molar-refractivity contribution < 1.29 is 9.53 Å². The minimum Gasteiger partial charge on any atom is -0.496 e. The SMILES string of the molecule is CCN(C(=O)NC(c1ccccc1OC)c1nccn1C)C1CCCCC1. The predicted octanol–water partition coefficient (Wildman–Crippen LogP) is 3.88. The fourth-order valence-corrected chi connectivity index (χ4v) is 4.01. The molecule has 27 heavy (non-hydrogen) atoms. The van der Waals surface area contributed by atoms with Crippen molar-refractivity contribution in [3.05, 3.63) is 48.0 Å². The molecule has 1 aromatic heterocycles. The third-order valence-corrected chi connectivity index (χ3v) is 5.45. The van der Waals surface area contributed by atoms with Crippen molar-refractivity contribution >= 4 is 6.03 Å². The van der Waals surface area contributed by atoms with Gasteiger partial charge in [0.2, 0.25) is 0 Å². The Labute approximate surface area is 161 Å². The Morgan fingerprint density at radius 3 is 2.70 bits per heavy atom. The van der Waals surface area contributed by atoms with Crippen LogP contribution in [0.1, 0.15) is 56.5 Å². The molecule has 1 N–H and O–H groups in total. The molecular formula is C21H30N4O2. The topological polar surface area (TPSA) is 59.4 Å². The van der Waals surface area contributed by atoms with Gasteiger partial charge in [-0.1, -0.05) is 37.5 Å². The quantitative estimate of drug-likeness (QED) is 0.839. The fraction of sp³-hybridized carbons (Fsp3) is 0.524. The van der Waals surface area contributed by atoms with Gasteiger partial charge in [-0.3, -0.25) is 0 Å². The minimum absolute atomic E-state index is 0.0386. The zero-order valence-corrected chi connectivity index (χ0v) is 16.5. The average Bonchev–Trinajstić information content (AvgIpc) is 3.13. The van der Waals surface area contributed by atoms with Crippen LogP contribution in [-0.4, -0.2) is 40.2 Å². The van der Waals surface area contributed by atoms with Crippen LogP contribution in [0.25, 0.3) is 0 Å². The molecule has 6 heteroatoms. The Morgan fingerprint density at radius 1 is 1.33 bits per heavy atom. The molecule has 1 heterocycles. The van der Waals surface area contributed by atoms with Gasteiger partial charge in [0.1, 0.15) is 17.6 Å². The van der Waals surface area contributed by atoms with Crippen LogP contribution in [0.5, 0.6) is 5.75 Å². The van der Waals surface area contributed by atoms with Crippen LogP contribution >= 0.6 is 0 Å². The van der Waals surface area contributed by atoms with Crippen LogP contribution in [0.2, 0.25) is 0 Å². The smallest absolute Gasteiger partial charge is 0.318 e. The number of aryl methyl sites for hydroxylation is 1.